The molecule has 1 aromatic rings. The summed E-state index contributed by atoms with van der Waals surface area (Å²) in [5.74, 6) is 1.76. The number of ether oxygens (including phenoxy) is 1. The van der Waals surface area contributed by atoms with Gasteiger partial charge in [-0.1, -0.05) is 0 Å². The summed E-state index contributed by atoms with van der Waals surface area (Å²) < 4.78 is 7.59. The lowest BCUT2D eigenvalue weighted by Crippen LogP contribution is -2.48. The number of aromatic nitrogens is 2. The van der Waals surface area contributed by atoms with Crippen LogP contribution in [0.1, 0.15) is 31.4 Å². The number of carbonyl (C=O) groups excluding carboxylic acids is 1. The van der Waals surface area contributed by atoms with E-state index in [-0.39, 0.29) is 24.1 Å². The van der Waals surface area contributed by atoms with Gasteiger partial charge < -0.3 is 14.5 Å². The van der Waals surface area contributed by atoms with Gasteiger partial charge in [0.25, 0.3) is 5.56 Å². The third-order valence-electron chi connectivity index (χ3n) is 6.63. The van der Waals surface area contributed by atoms with E-state index in [9.17, 15) is 9.59 Å². The highest BCUT2D eigenvalue weighted by Crippen LogP contribution is 2.40. The van der Waals surface area contributed by atoms with Gasteiger partial charge in [-0.3, -0.25) is 9.59 Å². The molecule has 2 aliphatic carbocycles. The molecule has 0 bridgehead atoms. The SMILES string of the molecule is Cc1ccc(=O)n(CC(=O)N2C[C@H]3C[C@@H](N(C)C)[C@H](OCC4CC4)C[C@H]3C2)n1. The first-order valence-electron chi connectivity index (χ1n) is 10.5. The number of hydrogen-bond donors (Lipinski definition) is 0. The lowest BCUT2D eigenvalue weighted by Gasteiger charge is -2.41. The minimum Gasteiger partial charge on any atom is -0.376 e. The molecule has 154 valence electrons. The molecule has 1 amide bonds. The van der Waals surface area contributed by atoms with Gasteiger partial charge in [-0.05, 0) is 70.5 Å². The zero-order valence-electron chi connectivity index (χ0n) is 17.2. The van der Waals surface area contributed by atoms with Gasteiger partial charge in [0, 0.05) is 31.8 Å². The van der Waals surface area contributed by atoms with Crippen molar-refractivity contribution >= 4 is 5.91 Å². The molecule has 7 heteroatoms. The fourth-order valence-corrected chi connectivity index (χ4v) is 4.75. The normalized spacial score (nSPS) is 29.9. The molecule has 4 atom stereocenters. The van der Waals surface area contributed by atoms with E-state index in [2.05, 4.69) is 24.1 Å². The van der Waals surface area contributed by atoms with Crippen molar-refractivity contribution in [3.8, 4) is 0 Å². The van der Waals surface area contributed by atoms with Crippen LogP contribution in [0.15, 0.2) is 16.9 Å². The van der Waals surface area contributed by atoms with Gasteiger partial charge in [-0.15, -0.1) is 0 Å². The van der Waals surface area contributed by atoms with Gasteiger partial charge in [0.2, 0.25) is 5.91 Å². The smallest absolute Gasteiger partial charge is 0.267 e. The predicted octanol–water partition coefficient (Wildman–Crippen LogP) is 1.15. The summed E-state index contributed by atoms with van der Waals surface area (Å²) in [7, 11) is 4.26. The molecule has 7 nitrogen and oxygen atoms in total. The van der Waals surface area contributed by atoms with Crippen LogP contribution in [0.2, 0.25) is 0 Å². The van der Waals surface area contributed by atoms with Crippen molar-refractivity contribution in [2.45, 2.75) is 51.3 Å². The first-order chi connectivity index (χ1) is 13.4. The second kappa shape index (κ2) is 7.95. The lowest BCUT2D eigenvalue weighted by atomic mass is 9.77. The number of hydrogen-bond acceptors (Lipinski definition) is 5. The molecule has 4 rings (SSSR count). The number of likely N-dealkylation sites (N-methyl/N-ethyl adjacent to an activating group) is 1. The van der Waals surface area contributed by atoms with E-state index in [4.69, 9.17) is 4.74 Å². The van der Waals surface area contributed by atoms with Gasteiger partial charge in [0.05, 0.1) is 11.8 Å². The van der Waals surface area contributed by atoms with Crippen LogP contribution in [0.3, 0.4) is 0 Å². The summed E-state index contributed by atoms with van der Waals surface area (Å²) in [6.45, 7) is 4.29. The Morgan fingerprint density at radius 2 is 1.93 bits per heavy atom. The highest BCUT2D eigenvalue weighted by Gasteiger charge is 2.44. The van der Waals surface area contributed by atoms with Crippen LogP contribution in [0.5, 0.6) is 0 Å². The second-order valence-electron chi connectivity index (χ2n) is 9.11. The van der Waals surface area contributed by atoms with Gasteiger partial charge in [-0.2, -0.15) is 5.10 Å². The van der Waals surface area contributed by atoms with E-state index >= 15 is 0 Å². The molecule has 0 aromatic carbocycles. The standard InChI is InChI=1S/C21H32N4O3/c1-14-4-7-20(26)25(22-14)12-21(27)24-10-16-8-18(23(2)3)19(9-17(16)11-24)28-13-15-5-6-15/h4,7,15-19H,5-6,8-13H2,1-3H3/t16-,17+,18-,19-/m1/s1. The van der Waals surface area contributed by atoms with Crippen LogP contribution in [0, 0.1) is 24.7 Å². The molecule has 1 aliphatic heterocycles. The lowest BCUT2D eigenvalue weighted by molar-refractivity contribution is -0.131. The molecular formula is C21H32N4O3. The first kappa shape index (κ1) is 19.6. The molecule has 0 radical (unpaired) electrons. The summed E-state index contributed by atoms with van der Waals surface area (Å²) in [4.78, 5) is 29.0. The molecule has 3 aliphatic rings. The van der Waals surface area contributed by atoms with Crippen LogP contribution in [0.25, 0.3) is 0 Å². The van der Waals surface area contributed by atoms with E-state index in [0.29, 0.717) is 17.9 Å². The minimum atomic E-state index is -0.225. The Morgan fingerprint density at radius 1 is 1.21 bits per heavy atom. The minimum absolute atomic E-state index is 0.00791. The van der Waals surface area contributed by atoms with E-state index < -0.39 is 0 Å². The Labute approximate surface area is 166 Å². The molecule has 1 aromatic heterocycles. The molecule has 0 N–H and O–H groups in total. The number of aryl methyl sites for hydroxylation is 1. The highest BCUT2D eigenvalue weighted by atomic mass is 16.5. The maximum atomic E-state index is 12.8. The van der Waals surface area contributed by atoms with Crippen LogP contribution in [-0.4, -0.2) is 71.4 Å². The van der Waals surface area contributed by atoms with Crippen molar-refractivity contribution in [1.82, 2.24) is 19.6 Å². The molecule has 0 unspecified atom stereocenters. The summed E-state index contributed by atoms with van der Waals surface area (Å²) in [6.07, 6.45) is 4.96. The summed E-state index contributed by atoms with van der Waals surface area (Å²) in [5, 5.41) is 4.20. The zero-order chi connectivity index (χ0) is 19.8. The maximum absolute atomic E-state index is 12.8. The van der Waals surface area contributed by atoms with Crippen LogP contribution in [-0.2, 0) is 16.1 Å². The zero-order valence-corrected chi connectivity index (χ0v) is 17.2. The van der Waals surface area contributed by atoms with E-state index in [1.807, 2.05) is 11.8 Å². The number of rotatable bonds is 6. The monoisotopic (exact) mass is 388 g/mol. The fraction of sp³-hybridized carbons (Fsp3) is 0.762. The number of carbonyl (C=O) groups is 1. The second-order valence-corrected chi connectivity index (χ2v) is 9.11. The number of amides is 1. The summed E-state index contributed by atoms with van der Waals surface area (Å²) in [5.41, 5.74) is 0.517. The average molecular weight is 389 g/mol. The fourth-order valence-electron chi connectivity index (χ4n) is 4.75. The van der Waals surface area contributed by atoms with Gasteiger partial charge in [0.15, 0.2) is 0 Å². The van der Waals surface area contributed by atoms with Crippen LogP contribution < -0.4 is 5.56 Å². The first-order valence-corrected chi connectivity index (χ1v) is 10.5. The van der Waals surface area contributed by atoms with E-state index in [1.165, 1.54) is 23.6 Å². The Bertz CT molecular complexity index is 773. The highest BCUT2D eigenvalue weighted by molar-refractivity contribution is 5.76. The van der Waals surface area contributed by atoms with Gasteiger partial charge in [-0.25, -0.2) is 4.68 Å². The third-order valence-corrected chi connectivity index (χ3v) is 6.63. The predicted molar refractivity (Wildman–Crippen MR) is 106 cm³/mol. The summed E-state index contributed by atoms with van der Waals surface area (Å²) >= 11 is 0. The topological polar surface area (TPSA) is 67.7 Å². The molecule has 3 fully saturated rings. The molecule has 2 heterocycles. The number of likely N-dealkylation sites (tertiary alicyclic amines) is 1. The summed E-state index contributed by atoms with van der Waals surface area (Å²) in [6, 6.07) is 3.57. The van der Waals surface area contributed by atoms with Crippen molar-refractivity contribution in [1.29, 1.82) is 0 Å². The van der Waals surface area contributed by atoms with Crippen LogP contribution >= 0.6 is 0 Å². The van der Waals surface area contributed by atoms with Gasteiger partial charge >= 0.3 is 0 Å². The maximum Gasteiger partial charge on any atom is 0.267 e. The number of fused-ring (bicyclic) bond motifs is 1. The molecule has 28 heavy (non-hydrogen) atoms. The van der Waals surface area contributed by atoms with Crippen molar-refractivity contribution in [2.75, 3.05) is 33.8 Å². The molecular weight excluding hydrogens is 356 g/mol. The van der Waals surface area contributed by atoms with Crippen molar-refractivity contribution in [2.24, 2.45) is 17.8 Å². The quantitative estimate of drug-likeness (QED) is 0.731. The Balaban J connectivity index is 1.39. The largest absolute Gasteiger partial charge is 0.376 e. The average Bonchev–Trinajstić information content (AvgIpc) is 3.39. The number of nitrogens with zero attached hydrogens (tertiary/aromatic N) is 4. The Hall–Kier alpha value is -1.73. The van der Waals surface area contributed by atoms with Crippen molar-refractivity contribution < 1.29 is 9.53 Å². The molecule has 1 saturated heterocycles. The van der Waals surface area contributed by atoms with E-state index in [1.54, 1.807) is 6.07 Å². The Kier molecular flexibility index (Phi) is 5.56. The van der Waals surface area contributed by atoms with Crippen molar-refractivity contribution in [3.63, 3.8) is 0 Å². The van der Waals surface area contributed by atoms with Gasteiger partial charge in [0.1, 0.15) is 6.54 Å². The van der Waals surface area contributed by atoms with E-state index in [0.717, 1.165) is 44.1 Å². The molecule has 0 spiro atoms. The third kappa shape index (κ3) is 4.30. The Morgan fingerprint density at radius 3 is 2.61 bits per heavy atom. The molecule has 2 saturated carbocycles. The van der Waals surface area contributed by atoms with Crippen molar-refractivity contribution in [3.05, 3.63) is 28.2 Å². The van der Waals surface area contributed by atoms with Crippen LogP contribution in [0.4, 0.5) is 0 Å².